The minimum atomic E-state index is -0.487. The predicted molar refractivity (Wildman–Crippen MR) is 105 cm³/mol. The molecule has 1 saturated heterocycles. The summed E-state index contributed by atoms with van der Waals surface area (Å²) >= 11 is 1.94. The SMILES string of the molecule is CCCN(C(=O)CN(C)[C@H]1CCSC1)[C@@H](C)C(=O)Nc1ccccc1. The summed E-state index contributed by atoms with van der Waals surface area (Å²) in [6.45, 7) is 4.79. The van der Waals surface area contributed by atoms with Crippen molar-refractivity contribution in [2.45, 2.75) is 38.8 Å². The summed E-state index contributed by atoms with van der Waals surface area (Å²) in [6, 6.07) is 9.34. The van der Waals surface area contributed by atoms with Crippen LogP contribution in [0.2, 0.25) is 0 Å². The highest BCUT2D eigenvalue weighted by Gasteiger charge is 2.28. The largest absolute Gasteiger partial charge is 0.330 e. The molecule has 1 aromatic carbocycles. The summed E-state index contributed by atoms with van der Waals surface area (Å²) < 4.78 is 0. The highest BCUT2D eigenvalue weighted by atomic mass is 32.2. The molecular formula is C19H29N3O2S. The van der Waals surface area contributed by atoms with Crippen LogP contribution in [0.4, 0.5) is 5.69 Å². The Kier molecular flexibility index (Phi) is 7.78. The zero-order valence-electron chi connectivity index (χ0n) is 15.4. The van der Waals surface area contributed by atoms with E-state index in [1.54, 1.807) is 11.8 Å². The van der Waals surface area contributed by atoms with E-state index in [-0.39, 0.29) is 11.8 Å². The van der Waals surface area contributed by atoms with Gasteiger partial charge >= 0.3 is 0 Å². The maximum absolute atomic E-state index is 12.8. The third kappa shape index (κ3) is 5.75. The molecule has 0 bridgehead atoms. The van der Waals surface area contributed by atoms with E-state index in [1.165, 1.54) is 0 Å². The lowest BCUT2D eigenvalue weighted by molar-refractivity contribution is -0.139. The molecule has 0 spiro atoms. The molecule has 1 aromatic rings. The molecule has 2 atom stereocenters. The summed E-state index contributed by atoms with van der Waals surface area (Å²) in [6.07, 6.45) is 1.96. The molecule has 6 heteroatoms. The standard InChI is InChI=1S/C19H29N3O2S/c1-4-11-22(18(23)13-21(3)17-10-12-25-14-17)15(2)19(24)20-16-8-6-5-7-9-16/h5-9,15,17H,4,10-14H2,1-3H3,(H,20,24)/t15-,17-/m0/s1. The Morgan fingerprint density at radius 2 is 2.04 bits per heavy atom. The topological polar surface area (TPSA) is 52.7 Å². The van der Waals surface area contributed by atoms with E-state index in [9.17, 15) is 9.59 Å². The average molecular weight is 364 g/mol. The lowest BCUT2D eigenvalue weighted by Crippen LogP contribution is -2.50. The van der Waals surface area contributed by atoms with Gasteiger partial charge in [0.2, 0.25) is 11.8 Å². The molecule has 0 aromatic heterocycles. The second-order valence-electron chi connectivity index (χ2n) is 6.55. The Hall–Kier alpha value is -1.53. The van der Waals surface area contributed by atoms with Crippen LogP contribution in [0.5, 0.6) is 0 Å². The number of likely N-dealkylation sites (N-methyl/N-ethyl adjacent to an activating group) is 1. The Balaban J connectivity index is 1.96. The normalized spacial score (nSPS) is 18.2. The van der Waals surface area contributed by atoms with Gasteiger partial charge in [0.15, 0.2) is 0 Å². The smallest absolute Gasteiger partial charge is 0.246 e. The quantitative estimate of drug-likeness (QED) is 0.772. The molecule has 5 nitrogen and oxygen atoms in total. The number of rotatable bonds is 8. The van der Waals surface area contributed by atoms with Crippen LogP contribution in [0, 0.1) is 0 Å². The zero-order chi connectivity index (χ0) is 18.2. The van der Waals surface area contributed by atoms with E-state index in [0.29, 0.717) is 19.1 Å². The van der Waals surface area contributed by atoms with Gasteiger partial charge in [-0.2, -0.15) is 11.8 Å². The van der Waals surface area contributed by atoms with Crippen molar-refractivity contribution < 1.29 is 9.59 Å². The molecule has 0 aliphatic carbocycles. The molecule has 0 saturated carbocycles. The van der Waals surface area contributed by atoms with Gasteiger partial charge in [0.1, 0.15) is 6.04 Å². The number of carbonyl (C=O) groups excluding carboxylic acids is 2. The van der Waals surface area contributed by atoms with Crippen LogP contribution in [0.15, 0.2) is 30.3 Å². The highest BCUT2D eigenvalue weighted by Crippen LogP contribution is 2.21. The Bertz CT molecular complexity index is 561. The number of amides is 2. The molecular weight excluding hydrogens is 334 g/mol. The van der Waals surface area contributed by atoms with E-state index in [1.807, 2.05) is 56.1 Å². The van der Waals surface area contributed by atoms with Crippen LogP contribution in [0.25, 0.3) is 0 Å². The van der Waals surface area contributed by atoms with Gasteiger partial charge in [-0.15, -0.1) is 0 Å². The third-order valence-corrected chi connectivity index (χ3v) is 5.73. The van der Waals surface area contributed by atoms with Crippen LogP contribution in [0.3, 0.4) is 0 Å². The van der Waals surface area contributed by atoms with Crippen molar-refractivity contribution in [3.63, 3.8) is 0 Å². The van der Waals surface area contributed by atoms with Crippen LogP contribution < -0.4 is 5.32 Å². The molecule has 0 radical (unpaired) electrons. The zero-order valence-corrected chi connectivity index (χ0v) is 16.2. The second-order valence-corrected chi connectivity index (χ2v) is 7.70. The lowest BCUT2D eigenvalue weighted by Gasteiger charge is -2.31. The average Bonchev–Trinajstić information content (AvgIpc) is 3.14. The number of hydrogen-bond donors (Lipinski definition) is 1. The van der Waals surface area contributed by atoms with Gasteiger partial charge in [0.25, 0.3) is 0 Å². The molecule has 1 aliphatic rings. The summed E-state index contributed by atoms with van der Waals surface area (Å²) in [5, 5.41) is 2.89. The van der Waals surface area contributed by atoms with E-state index in [0.717, 1.165) is 30.0 Å². The second kappa shape index (κ2) is 9.82. The Morgan fingerprint density at radius 3 is 2.64 bits per heavy atom. The number of para-hydroxylation sites is 1. The monoisotopic (exact) mass is 363 g/mol. The first-order chi connectivity index (χ1) is 12.0. The molecule has 2 rings (SSSR count). The van der Waals surface area contributed by atoms with Crippen molar-refractivity contribution in [2.24, 2.45) is 0 Å². The fraction of sp³-hybridized carbons (Fsp3) is 0.579. The summed E-state index contributed by atoms with van der Waals surface area (Å²) in [7, 11) is 2.01. The van der Waals surface area contributed by atoms with Crippen molar-refractivity contribution in [3.8, 4) is 0 Å². The fourth-order valence-electron chi connectivity index (χ4n) is 2.99. The van der Waals surface area contributed by atoms with Crippen LogP contribution in [-0.4, -0.2) is 65.3 Å². The Morgan fingerprint density at radius 1 is 1.32 bits per heavy atom. The first kappa shape index (κ1) is 19.8. The van der Waals surface area contributed by atoms with Gasteiger partial charge in [0, 0.05) is 24.0 Å². The van der Waals surface area contributed by atoms with Crippen molar-refractivity contribution >= 4 is 29.3 Å². The maximum Gasteiger partial charge on any atom is 0.246 e. The minimum Gasteiger partial charge on any atom is -0.330 e. The molecule has 25 heavy (non-hydrogen) atoms. The molecule has 1 fully saturated rings. The van der Waals surface area contributed by atoms with Crippen molar-refractivity contribution in [2.75, 3.05) is 37.0 Å². The Labute approximate surface area is 155 Å². The van der Waals surface area contributed by atoms with Gasteiger partial charge < -0.3 is 10.2 Å². The number of hydrogen-bond acceptors (Lipinski definition) is 4. The van der Waals surface area contributed by atoms with E-state index < -0.39 is 6.04 Å². The highest BCUT2D eigenvalue weighted by molar-refractivity contribution is 7.99. The number of anilines is 1. The first-order valence-corrected chi connectivity index (χ1v) is 10.1. The van der Waals surface area contributed by atoms with E-state index in [2.05, 4.69) is 10.2 Å². The molecule has 1 N–H and O–H groups in total. The maximum atomic E-state index is 12.8. The number of nitrogens with one attached hydrogen (secondary N) is 1. The van der Waals surface area contributed by atoms with Gasteiger partial charge in [-0.25, -0.2) is 0 Å². The van der Waals surface area contributed by atoms with Gasteiger partial charge in [-0.3, -0.25) is 14.5 Å². The van der Waals surface area contributed by atoms with Crippen molar-refractivity contribution in [1.82, 2.24) is 9.80 Å². The first-order valence-electron chi connectivity index (χ1n) is 8.96. The van der Waals surface area contributed by atoms with Crippen molar-refractivity contribution in [1.29, 1.82) is 0 Å². The van der Waals surface area contributed by atoms with Crippen LogP contribution in [0.1, 0.15) is 26.7 Å². The van der Waals surface area contributed by atoms with Gasteiger partial charge in [-0.05, 0) is 44.7 Å². The molecule has 138 valence electrons. The predicted octanol–water partition coefficient (Wildman–Crippen LogP) is 2.69. The lowest BCUT2D eigenvalue weighted by atomic mass is 10.2. The van der Waals surface area contributed by atoms with E-state index >= 15 is 0 Å². The summed E-state index contributed by atoms with van der Waals surface area (Å²) in [5.74, 6) is 2.13. The minimum absolute atomic E-state index is 0.0250. The summed E-state index contributed by atoms with van der Waals surface area (Å²) in [5.41, 5.74) is 0.753. The molecule has 1 aliphatic heterocycles. The number of nitrogens with zero attached hydrogens (tertiary/aromatic N) is 2. The van der Waals surface area contributed by atoms with Gasteiger partial charge in [-0.1, -0.05) is 25.1 Å². The fourth-order valence-corrected chi connectivity index (χ4v) is 4.29. The van der Waals surface area contributed by atoms with Gasteiger partial charge in [0.05, 0.1) is 6.54 Å². The molecule has 1 heterocycles. The molecule has 0 unspecified atom stereocenters. The van der Waals surface area contributed by atoms with Crippen molar-refractivity contribution in [3.05, 3.63) is 30.3 Å². The number of carbonyl (C=O) groups is 2. The van der Waals surface area contributed by atoms with E-state index in [4.69, 9.17) is 0 Å². The van der Waals surface area contributed by atoms with Crippen LogP contribution >= 0.6 is 11.8 Å². The number of thioether (sulfide) groups is 1. The third-order valence-electron chi connectivity index (χ3n) is 4.59. The number of benzene rings is 1. The summed E-state index contributed by atoms with van der Waals surface area (Å²) in [4.78, 5) is 29.2. The molecule has 2 amide bonds. The van der Waals surface area contributed by atoms with Crippen LogP contribution in [-0.2, 0) is 9.59 Å².